The van der Waals surface area contributed by atoms with E-state index in [-0.39, 0.29) is 53.2 Å². The molecule has 4 rings (SSSR count). The Bertz CT molecular complexity index is 1420. The maximum Gasteiger partial charge on any atom is 0.253 e. The van der Waals surface area contributed by atoms with Crippen LogP contribution in [0.2, 0.25) is 5.02 Å². The summed E-state index contributed by atoms with van der Waals surface area (Å²) < 4.78 is 40.9. The number of morpholine rings is 1. The van der Waals surface area contributed by atoms with E-state index in [9.17, 15) is 13.2 Å². The van der Waals surface area contributed by atoms with Crippen LogP contribution >= 0.6 is 27.5 Å². The van der Waals surface area contributed by atoms with Crippen LogP contribution in [0.1, 0.15) is 35.3 Å². The summed E-state index contributed by atoms with van der Waals surface area (Å²) in [7, 11) is -2.26. The predicted molar refractivity (Wildman–Crippen MR) is 151 cm³/mol. The number of ether oxygens (including phenoxy) is 2. The van der Waals surface area contributed by atoms with Gasteiger partial charge in [0.05, 0.1) is 17.2 Å². The fourth-order valence-electron chi connectivity index (χ4n) is 4.34. The van der Waals surface area contributed by atoms with Gasteiger partial charge in [-0.1, -0.05) is 51.3 Å². The minimum atomic E-state index is -3.92. The molecule has 1 aliphatic rings. The van der Waals surface area contributed by atoms with Gasteiger partial charge in [-0.3, -0.25) is 4.79 Å². The van der Waals surface area contributed by atoms with Crippen LogP contribution in [0.5, 0.6) is 11.5 Å². The van der Waals surface area contributed by atoms with Crippen LogP contribution in [0.15, 0.2) is 70.0 Å². The highest BCUT2D eigenvalue weighted by Gasteiger charge is 2.34. The van der Waals surface area contributed by atoms with Gasteiger partial charge in [-0.25, -0.2) is 8.42 Å². The average Bonchev–Trinajstić information content (AvgIpc) is 2.86. The molecule has 3 aromatic rings. The van der Waals surface area contributed by atoms with Gasteiger partial charge < -0.3 is 14.4 Å². The van der Waals surface area contributed by atoms with Crippen molar-refractivity contribution >= 4 is 43.5 Å². The molecule has 3 aromatic carbocycles. The standard InChI is InChI=1S/C28H30BrClN2O5S/c1-18-5-10-24(11-6-18)37-26-14-23(29)9-7-22(26)17-31(4)28(33)21-8-12-25(30)27(13-21)38(34,35)32-15-19(2)36-20(3)16-32/h5-14,19-20H,15-17H2,1-4H3. The average molecular weight is 622 g/mol. The van der Waals surface area contributed by atoms with E-state index in [4.69, 9.17) is 21.1 Å². The third-order valence-corrected chi connectivity index (χ3v) is 9.02. The molecule has 0 N–H and O–H groups in total. The summed E-state index contributed by atoms with van der Waals surface area (Å²) >= 11 is 9.81. The highest BCUT2D eigenvalue weighted by Crippen LogP contribution is 2.31. The van der Waals surface area contributed by atoms with Crippen LogP contribution < -0.4 is 4.74 Å². The van der Waals surface area contributed by atoms with Crippen molar-refractivity contribution < 1.29 is 22.7 Å². The monoisotopic (exact) mass is 620 g/mol. The molecule has 1 aliphatic heterocycles. The lowest BCUT2D eigenvalue weighted by molar-refractivity contribution is -0.0440. The van der Waals surface area contributed by atoms with E-state index in [0.29, 0.717) is 11.5 Å². The Morgan fingerprint density at radius 1 is 1.08 bits per heavy atom. The molecule has 202 valence electrons. The number of hydrogen-bond donors (Lipinski definition) is 0. The van der Waals surface area contributed by atoms with Crippen LogP contribution in [-0.4, -0.2) is 55.9 Å². The normalized spacial score (nSPS) is 18.3. The van der Waals surface area contributed by atoms with E-state index >= 15 is 0 Å². The zero-order chi connectivity index (χ0) is 27.6. The lowest BCUT2D eigenvalue weighted by atomic mass is 10.1. The van der Waals surface area contributed by atoms with Gasteiger partial charge >= 0.3 is 0 Å². The highest BCUT2D eigenvalue weighted by molar-refractivity contribution is 9.10. The molecular formula is C28H30BrClN2O5S. The van der Waals surface area contributed by atoms with Gasteiger partial charge in [0.15, 0.2) is 0 Å². The molecule has 38 heavy (non-hydrogen) atoms. The molecule has 2 unspecified atom stereocenters. The maximum absolute atomic E-state index is 13.4. The Kier molecular flexibility index (Phi) is 8.84. The molecule has 7 nitrogen and oxygen atoms in total. The van der Waals surface area contributed by atoms with Gasteiger partial charge in [-0.2, -0.15) is 4.31 Å². The fraction of sp³-hybridized carbons (Fsp3) is 0.321. The molecule has 1 amide bonds. The van der Waals surface area contributed by atoms with Crippen LogP contribution in [-0.2, 0) is 21.3 Å². The van der Waals surface area contributed by atoms with E-state index in [2.05, 4.69) is 15.9 Å². The van der Waals surface area contributed by atoms with Crippen molar-refractivity contribution in [2.75, 3.05) is 20.1 Å². The van der Waals surface area contributed by atoms with Crippen LogP contribution in [0.3, 0.4) is 0 Å². The van der Waals surface area contributed by atoms with Gasteiger partial charge in [0.25, 0.3) is 5.91 Å². The minimum absolute atomic E-state index is 0.0673. The van der Waals surface area contributed by atoms with E-state index in [1.165, 1.54) is 27.4 Å². The lowest BCUT2D eigenvalue weighted by Gasteiger charge is -2.34. The van der Waals surface area contributed by atoms with E-state index in [1.807, 2.05) is 63.2 Å². The van der Waals surface area contributed by atoms with Crippen LogP contribution in [0.4, 0.5) is 0 Å². The van der Waals surface area contributed by atoms with Crippen molar-refractivity contribution in [2.45, 2.75) is 44.4 Å². The topological polar surface area (TPSA) is 76.2 Å². The first-order valence-electron chi connectivity index (χ1n) is 12.2. The van der Waals surface area contributed by atoms with E-state index in [0.717, 1.165) is 15.6 Å². The quantitative estimate of drug-likeness (QED) is 0.311. The number of aryl methyl sites for hydroxylation is 1. The molecular weight excluding hydrogens is 592 g/mol. The van der Waals surface area contributed by atoms with Gasteiger partial charge in [0.1, 0.15) is 16.4 Å². The smallest absolute Gasteiger partial charge is 0.253 e. The van der Waals surface area contributed by atoms with Crippen molar-refractivity contribution in [3.05, 3.63) is 86.8 Å². The third kappa shape index (κ3) is 6.58. The second-order valence-electron chi connectivity index (χ2n) is 9.55. The Hall–Kier alpha value is -2.43. The van der Waals surface area contributed by atoms with E-state index < -0.39 is 10.0 Å². The SMILES string of the molecule is Cc1ccc(Oc2cc(Br)ccc2CN(C)C(=O)c2ccc(Cl)c(S(=O)(=O)N3CC(C)OC(C)C3)c2)cc1. The number of amides is 1. The van der Waals surface area contributed by atoms with Crippen molar-refractivity contribution in [1.29, 1.82) is 0 Å². The first-order valence-corrected chi connectivity index (χ1v) is 14.8. The van der Waals surface area contributed by atoms with E-state index in [1.54, 1.807) is 7.05 Å². The number of hydrogen-bond acceptors (Lipinski definition) is 5. The largest absolute Gasteiger partial charge is 0.457 e. The van der Waals surface area contributed by atoms with Gasteiger partial charge in [-0.05, 0) is 63.2 Å². The highest BCUT2D eigenvalue weighted by atomic mass is 79.9. The zero-order valence-corrected chi connectivity index (χ0v) is 24.8. The molecule has 0 aromatic heterocycles. The molecule has 0 spiro atoms. The van der Waals surface area contributed by atoms with Crippen molar-refractivity contribution in [1.82, 2.24) is 9.21 Å². The molecule has 2 atom stereocenters. The molecule has 0 saturated carbocycles. The summed E-state index contributed by atoms with van der Waals surface area (Å²) in [4.78, 5) is 14.8. The molecule has 1 saturated heterocycles. The number of carbonyl (C=O) groups excluding carboxylic acids is 1. The molecule has 1 fully saturated rings. The molecule has 1 heterocycles. The summed E-state index contributed by atoms with van der Waals surface area (Å²) in [5.41, 5.74) is 2.14. The molecule has 0 bridgehead atoms. The number of benzene rings is 3. The van der Waals surface area contributed by atoms with Gasteiger partial charge in [0, 0.05) is 42.3 Å². The molecule has 10 heteroatoms. The summed E-state index contributed by atoms with van der Waals surface area (Å²) in [6.07, 6.45) is -0.490. The first kappa shape index (κ1) is 28.6. The predicted octanol–water partition coefficient (Wildman–Crippen LogP) is 6.27. The van der Waals surface area contributed by atoms with Crippen molar-refractivity contribution in [3.63, 3.8) is 0 Å². The third-order valence-electron chi connectivity index (χ3n) is 6.21. The Balaban J connectivity index is 1.57. The maximum atomic E-state index is 13.4. The second-order valence-corrected chi connectivity index (χ2v) is 12.8. The molecule has 0 aliphatic carbocycles. The number of halogens is 2. The number of nitrogens with zero attached hydrogens (tertiary/aromatic N) is 2. The summed E-state index contributed by atoms with van der Waals surface area (Å²) in [6, 6.07) is 17.7. The zero-order valence-electron chi connectivity index (χ0n) is 21.6. The Labute approximate surface area is 237 Å². The summed E-state index contributed by atoms with van der Waals surface area (Å²) in [5, 5.41) is 0.0673. The fourth-order valence-corrected chi connectivity index (χ4v) is 6.77. The second kappa shape index (κ2) is 11.8. The van der Waals surface area contributed by atoms with Gasteiger partial charge in [-0.15, -0.1) is 0 Å². The molecule has 0 radical (unpaired) electrons. The Morgan fingerprint density at radius 2 is 1.74 bits per heavy atom. The summed E-state index contributed by atoms with van der Waals surface area (Å²) in [6.45, 7) is 6.34. The number of carbonyl (C=O) groups is 1. The van der Waals surface area contributed by atoms with Crippen molar-refractivity contribution in [2.24, 2.45) is 0 Å². The van der Waals surface area contributed by atoms with Crippen LogP contribution in [0, 0.1) is 6.92 Å². The van der Waals surface area contributed by atoms with Gasteiger partial charge in [0.2, 0.25) is 10.0 Å². The van der Waals surface area contributed by atoms with Crippen molar-refractivity contribution in [3.8, 4) is 11.5 Å². The summed E-state index contributed by atoms with van der Waals surface area (Å²) in [5.74, 6) is 0.951. The lowest BCUT2D eigenvalue weighted by Crippen LogP contribution is -2.48. The number of sulfonamides is 1. The van der Waals surface area contributed by atoms with Crippen LogP contribution in [0.25, 0.3) is 0 Å². The first-order chi connectivity index (χ1) is 17.9. The Morgan fingerprint density at radius 3 is 2.39 bits per heavy atom. The number of rotatable bonds is 7. The minimum Gasteiger partial charge on any atom is -0.457 e.